The molecule has 0 bridgehead atoms. The monoisotopic (exact) mass is 354 g/mol. The minimum atomic E-state index is -0.150. The molecule has 118 valence electrons. The number of likely N-dealkylation sites (N-methyl/N-ethyl adjacent to an activating group) is 1. The van der Waals surface area contributed by atoms with Crippen LogP contribution in [-0.2, 0) is 0 Å². The summed E-state index contributed by atoms with van der Waals surface area (Å²) >= 11 is 3.54. The van der Waals surface area contributed by atoms with Crippen LogP contribution < -0.4 is 5.32 Å². The molecule has 4 heteroatoms. The Bertz CT molecular complexity index is 441. The Hall–Kier alpha value is -0.420. The lowest BCUT2D eigenvalue weighted by Crippen LogP contribution is -2.44. The number of nitrogens with one attached hydrogen (secondary N) is 1. The Morgan fingerprint density at radius 1 is 1.38 bits per heavy atom. The number of hydrogen-bond acceptors (Lipinski definition) is 3. The molecule has 0 radical (unpaired) electrons. The number of benzene rings is 1. The van der Waals surface area contributed by atoms with Crippen LogP contribution in [0.2, 0.25) is 0 Å². The van der Waals surface area contributed by atoms with Gasteiger partial charge in [0.2, 0.25) is 0 Å². The molecule has 1 aromatic rings. The van der Waals surface area contributed by atoms with Crippen LogP contribution in [0.25, 0.3) is 0 Å². The maximum atomic E-state index is 10.2. The minimum absolute atomic E-state index is 0.150. The van der Waals surface area contributed by atoms with Crippen molar-refractivity contribution in [3.63, 3.8) is 0 Å². The van der Waals surface area contributed by atoms with E-state index in [0.29, 0.717) is 12.1 Å². The zero-order chi connectivity index (χ0) is 15.2. The third-order valence-corrected chi connectivity index (χ3v) is 5.12. The van der Waals surface area contributed by atoms with Crippen LogP contribution >= 0.6 is 15.9 Å². The van der Waals surface area contributed by atoms with E-state index in [1.807, 2.05) is 7.05 Å². The molecule has 0 spiro atoms. The van der Waals surface area contributed by atoms with Crippen LogP contribution in [0.1, 0.15) is 43.7 Å². The lowest BCUT2D eigenvalue weighted by atomic mass is 9.91. The molecule has 1 saturated carbocycles. The Kier molecular flexibility index (Phi) is 6.68. The first-order valence-electron chi connectivity index (χ1n) is 7.93. The fourth-order valence-electron chi connectivity index (χ4n) is 3.31. The number of aliphatic hydroxyl groups excluding tert-OH is 1. The van der Waals surface area contributed by atoms with Gasteiger partial charge in [0.05, 0.1) is 6.10 Å². The highest BCUT2D eigenvalue weighted by atomic mass is 79.9. The third kappa shape index (κ3) is 4.78. The second kappa shape index (κ2) is 8.28. The van der Waals surface area contributed by atoms with Crippen molar-refractivity contribution in [2.24, 2.45) is 0 Å². The Balaban J connectivity index is 1.90. The van der Waals surface area contributed by atoms with E-state index in [9.17, 15) is 5.11 Å². The van der Waals surface area contributed by atoms with Gasteiger partial charge >= 0.3 is 0 Å². The molecule has 2 N–H and O–H groups in total. The van der Waals surface area contributed by atoms with Crippen molar-refractivity contribution in [3.05, 3.63) is 34.3 Å². The Labute approximate surface area is 136 Å². The van der Waals surface area contributed by atoms with Gasteiger partial charge in [0.1, 0.15) is 0 Å². The molecule has 0 aromatic heterocycles. The topological polar surface area (TPSA) is 35.5 Å². The van der Waals surface area contributed by atoms with Crippen molar-refractivity contribution in [1.29, 1.82) is 0 Å². The molecule has 21 heavy (non-hydrogen) atoms. The Morgan fingerprint density at radius 2 is 2.14 bits per heavy atom. The quantitative estimate of drug-likeness (QED) is 0.822. The molecule has 1 aliphatic carbocycles. The highest BCUT2D eigenvalue weighted by Gasteiger charge is 2.26. The first-order chi connectivity index (χ1) is 10.1. The second-order valence-corrected chi connectivity index (χ2v) is 7.00. The number of aliphatic hydroxyl groups is 1. The van der Waals surface area contributed by atoms with Crippen molar-refractivity contribution >= 4 is 15.9 Å². The lowest BCUT2D eigenvalue weighted by molar-refractivity contribution is 0.0308. The van der Waals surface area contributed by atoms with Crippen LogP contribution in [-0.4, -0.2) is 42.8 Å². The number of rotatable bonds is 6. The maximum Gasteiger partial charge on any atom is 0.0695 e. The van der Waals surface area contributed by atoms with Gasteiger partial charge in [-0.2, -0.15) is 0 Å². The Morgan fingerprint density at radius 3 is 2.81 bits per heavy atom. The average Bonchev–Trinajstić information content (AvgIpc) is 2.48. The van der Waals surface area contributed by atoms with Crippen LogP contribution in [0.4, 0.5) is 0 Å². The van der Waals surface area contributed by atoms with Gasteiger partial charge in [-0.15, -0.1) is 0 Å². The van der Waals surface area contributed by atoms with Crippen LogP contribution in [0.5, 0.6) is 0 Å². The average molecular weight is 355 g/mol. The second-order valence-electron chi connectivity index (χ2n) is 6.08. The van der Waals surface area contributed by atoms with E-state index >= 15 is 0 Å². The van der Waals surface area contributed by atoms with E-state index in [-0.39, 0.29) is 6.10 Å². The zero-order valence-electron chi connectivity index (χ0n) is 13.1. The number of nitrogens with zero attached hydrogens (tertiary/aromatic N) is 1. The number of halogens is 1. The fourth-order valence-corrected chi connectivity index (χ4v) is 3.72. The standard InChI is InChI=1S/C17H27BrN2O/c1-19-15(13-6-5-7-14(18)12-13)10-11-20(2)16-8-3-4-9-17(16)21/h5-7,12,15-17,19,21H,3-4,8-11H2,1-2H3. The molecule has 1 fully saturated rings. The summed E-state index contributed by atoms with van der Waals surface area (Å²) in [7, 11) is 4.16. The van der Waals surface area contributed by atoms with Gasteiger partial charge in [0.25, 0.3) is 0 Å². The minimum Gasteiger partial charge on any atom is -0.391 e. The lowest BCUT2D eigenvalue weighted by Gasteiger charge is -2.36. The normalized spacial score (nSPS) is 24.2. The van der Waals surface area contributed by atoms with Gasteiger partial charge in [-0.05, 0) is 51.1 Å². The van der Waals surface area contributed by atoms with E-state index in [4.69, 9.17) is 0 Å². The summed E-state index contributed by atoms with van der Waals surface area (Å²) in [4.78, 5) is 2.34. The largest absolute Gasteiger partial charge is 0.391 e. The summed E-state index contributed by atoms with van der Waals surface area (Å²) in [6.45, 7) is 1.000. The first-order valence-corrected chi connectivity index (χ1v) is 8.72. The predicted molar refractivity (Wildman–Crippen MR) is 91.5 cm³/mol. The van der Waals surface area contributed by atoms with Crippen molar-refractivity contribution in [2.75, 3.05) is 20.6 Å². The van der Waals surface area contributed by atoms with Crippen LogP contribution in [0, 0.1) is 0 Å². The maximum absolute atomic E-state index is 10.2. The highest BCUT2D eigenvalue weighted by Crippen LogP contribution is 2.25. The molecule has 3 nitrogen and oxygen atoms in total. The van der Waals surface area contributed by atoms with E-state index in [1.165, 1.54) is 18.4 Å². The third-order valence-electron chi connectivity index (χ3n) is 4.63. The summed E-state index contributed by atoms with van der Waals surface area (Å²) in [5, 5.41) is 13.6. The summed E-state index contributed by atoms with van der Waals surface area (Å²) in [5.41, 5.74) is 1.31. The van der Waals surface area contributed by atoms with E-state index < -0.39 is 0 Å². The molecule has 0 amide bonds. The van der Waals surface area contributed by atoms with Gasteiger partial charge in [-0.25, -0.2) is 0 Å². The molecule has 2 rings (SSSR count). The zero-order valence-corrected chi connectivity index (χ0v) is 14.6. The van der Waals surface area contributed by atoms with E-state index in [2.05, 4.69) is 57.5 Å². The van der Waals surface area contributed by atoms with Gasteiger partial charge in [-0.1, -0.05) is 40.9 Å². The van der Waals surface area contributed by atoms with Crippen molar-refractivity contribution < 1.29 is 5.11 Å². The summed E-state index contributed by atoms with van der Waals surface area (Å²) in [6, 6.07) is 9.17. The molecule has 1 aliphatic rings. The molecular formula is C17H27BrN2O. The summed E-state index contributed by atoms with van der Waals surface area (Å²) in [6.07, 6.45) is 5.39. The van der Waals surface area contributed by atoms with Gasteiger partial charge in [0.15, 0.2) is 0 Å². The predicted octanol–water partition coefficient (Wildman–Crippen LogP) is 3.34. The fraction of sp³-hybridized carbons (Fsp3) is 0.647. The molecule has 1 aromatic carbocycles. The SMILES string of the molecule is CNC(CCN(C)C1CCCCC1O)c1cccc(Br)c1. The van der Waals surface area contributed by atoms with Crippen LogP contribution in [0.15, 0.2) is 28.7 Å². The first kappa shape index (κ1) is 16.9. The summed E-state index contributed by atoms with van der Waals surface area (Å²) in [5.74, 6) is 0. The number of hydrogen-bond donors (Lipinski definition) is 2. The van der Waals surface area contributed by atoms with Crippen molar-refractivity contribution in [1.82, 2.24) is 10.2 Å². The van der Waals surface area contributed by atoms with E-state index in [0.717, 1.165) is 30.3 Å². The van der Waals surface area contributed by atoms with Gasteiger partial charge in [0, 0.05) is 23.1 Å². The summed E-state index contributed by atoms with van der Waals surface area (Å²) < 4.78 is 1.12. The molecule has 0 aliphatic heterocycles. The van der Waals surface area contributed by atoms with Crippen LogP contribution in [0.3, 0.4) is 0 Å². The van der Waals surface area contributed by atoms with Gasteiger partial charge in [-0.3, -0.25) is 0 Å². The molecule has 0 heterocycles. The molecule has 0 saturated heterocycles. The highest BCUT2D eigenvalue weighted by molar-refractivity contribution is 9.10. The molecular weight excluding hydrogens is 328 g/mol. The smallest absolute Gasteiger partial charge is 0.0695 e. The van der Waals surface area contributed by atoms with Crippen molar-refractivity contribution in [2.45, 2.75) is 50.3 Å². The molecule has 3 unspecified atom stereocenters. The molecule has 3 atom stereocenters. The van der Waals surface area contributed by atoms with E-state index in [1.54, 1.807) is 0 Å². The van der Waals surface area contributed by atoms with Crippen molar-refractivity contribution in [3.8, 4) is 0 Å². The van der Waals surface area contributed by atoms with Gasteiger partial charge < -0.3 is 15.3 Å².